The average Bonchev–Trinajstić information content (AvgIpc) is 3.14. The fraction of sp³-hybridized carbons (Fsp3) is 0.333. The number of likely N-dealkylation sites (tertiary alicyclic amines) is 1. The molecule has 0 unspecified atom stereocenters. The first-order valence-electron chi connectivity index (χ1n) is 9.66. The number of oxazole rings is 1. The van der Waals surface area contributed by atoms with E-state index in [-0.39, 0.29) is 11.6 Å². The van der Waals surface area contributed by atoms with Gasteiger partial charge in [-0.25, -0.2) is 0 Å². The van der Waals surface area contributed by atoms with Crippen molar-refractivity contribution >= 4 is 23.0 Å². The zero-order chi connectivity index (χ0) is 21.1. The second-order valence-electron chi connectivity index (χ2n) is 7.06. The minimum absolute atomic E-state index is 0.108. The number of alkyl halides is 3. The quantitative estimate of drug-likeness (QED) is 0.642. The minimum atomic E-state index is -4.87. The van der Waals surface area contributed by atoms with Gasteiger partial charge < -0.3 is 19.4 Å². The van der Waals surface area contributed by atoms with E-state index >= 15 is 0 Å². The van der Waals surface area contributed by atoms with Gasteiger partial charge in [-0.3, -0.25) is 4.79 Å². The number of piperidine rings is 1. The van der Waals surface area contributed by atoms with Crippen LogP contribution in [-0.2, 0) is 0 Å². The lowest BCUT2D eigenvalue weighted by molar-refractivity contribution is -0.274. The first kappa shape index (κ1) is 20.1. The summed E-state index contributed by atoms with van der Waals surface area (Å²) in [6.07, 6.45) is -2.44. The summed E-state index contributed by atoms with van der Waals surface area (Å²) < 4.78 is 47.9. The molecule has 0 radical (unpaired) electrons. The molecule has 2 aromatic carbocycles. The van der Waals surface area contributed by atoms with Crippen LogP contribution in [-0.4, -0.2) is 41.3 Å². The number of halogens is 3. The standard InChI is InChI=1S/C21H20F3N3O3/c22-21(23,24)30-17-10-3-1-8-15(17)19(28)27-12-6-5-7-14(27)13-25-20-26-16-9-2-4-11-18(16)29-20/h1-4,8-11,14H,5-7,12-13H2,(H,25,26)/t14-/m0/s1. The van der Waals surface area contributed by atoms with Gasteiger partial charge in [-0.2, -0.15) is 4.98 Å². The third-order valence-electron chi connectivity index (χ3n) is 5.01. The highest BCUT2D eigenvalue weighted by Gasteiger charge is 2.35. The molecular weight excluding hydrogens is 399 g/mol. The van der Waals surface area contributed by atoms with E-state index in [2.05, 4.69) is 15.0 Å². The van der Waals surface area contributed by atoms with Crippen LogP contribution in [0.15, 0.2) is 52.9 Å². The van der Waals surface area contributed by atoms with Gasteiger partial charge in [0.2, 0.25) is 0 Å². The second kappa shape index (κ2) is 8.25. The van der Waals surface area contributed by atoms with Crippen molar-refractivity contribution in [1.82, 2.24) is 9.88 Å². The number of aromatic nitrogens is 1. The lowest BCUT2D eigenvalue weighted by Gasteiger charge is -2.36. The normalized spacial score (nSPS) is 17.2. The minimum Gasteiger partial charge on any atom is -0.424 e. The van der Waals surface area contributed by atoms with E-state index in [0.717, 1.165) is 30.8 Å². The summed E-state index contributed by atoms with van der Waals surface area (Å²) in [5.74, 6) is -0.981. The summed E-state index contributed by atoms with van der Waals surface area (Å²) in [4.78, 5) is 19.0. The molecule has 1 aliphatic rings. The Bertz CT molecular complexity index is 1000. The summed E-state index contributed by atoms with van der Waals surface area (Å²) >= 11 is 0. The Kier molecular flexibility index (Phi) is 5.52. The molecule has 30 heavy (non-hydrogen) atoms. The lowest BCUT2D eigenvalue weighted by atomic mass is 10.0. The van der Waals surface area contributed by atoms with Gasteiger partial charge in [-0.1, -0.05) is 24.3 Å². The van der Waals surface area contributed by atoms with E-state index in [1.807, 2.05) is 24.3 Å². The molecule has 0 saturated carbocycles. The first-order valence-corrected chi connectivity index (χ1v) is 9.66. The highest BCUT2D eigenvalue weighted by atomic mass is 19.4. The maximum absolute atomic E-state index is 13.1. The number of carbonyl (C=O) groups excluding carboxylic acids is 1. The Morgan fingerprint density at radius 1 is 1.17 bits per heavy atom. The van der Waals surface area contributed by atoms with Crippen LogP contribution in [0.3, 0.4) is 0 Å². The number of anilines is 1. The van der Waals surface area contributed by atoms with Crippen LogP contribution in [0.4, 0.5) is 19.2 Å². The molecule has 1 N–H and O–H groups in total. The molecule has 0 bridgehead atoms. The zero-order valence-corrected chi connectivity index (χ0v) is 16.0. The molecule has 6 nitrogen and oxygen atoms in total. The topological polar surface area (TPSA) is 67.6 Å². The number of rotatable bonds is 5. The van der Waals surface area contributed by atoms with Crippen molar-refractivity contribution in [3.8, 4) is 5.75 Å². The second-order valence-corrected chi connectivity index (χ2v) is 7.06. The molecule has 158 valence electrons. The number of benzene rings is 2. The predicted molar refractivity (Wildman–Crippen MR) is 104 cm³/mol. The molecule has 0 spiro atoms. The number of para-hydroxylation sites is 3. The number of carbonyl (C=O) groups is 1. The number of fused-ring (bicyclic) bond motifs is 1. The smallest absolute Gasteiger partial charge is 0.424 e. The number of hydrogen-bond acceptors (Lipinski definition) is 5. The van der Waals surface area contributed by atoms with Gasteiger partial charge in [0, 0.05) is 19.1 Å². The number of nitrogens with one attached hydrogen (secondary N) is 1. The van der Waals surface area contributed by atoms with Gasteiger partial charge in [-0.05, 0) is 43.5 Å². The molecule has 9 heteroatoms. The number of ether oxygens (including phenoxy) is 1. The van der Waals surface area contributed by atoms with Crippen LogP contribution in [0.5, 0.6) is 5.75 Å². The zero-order valence-electron chi connectivity index (χ0n) is 16.0. The summed E-state index contributed by atoms with van der Waals surface area (Å²) in [6, 6.07) is 12.9. The van der Waals surface area contributed by atoms with Crippen molar-refractivity contribution in [3.05, 3.63) is 54.1 Å². The van der Waals surface area contributed by atoms with Crippen LogP contribution < -0.4 is 10.1 Å². The molecular formula is C21H20F3N3O3. The average molecular weight is 419 g/mol. The molecule has 1 fully saturated rings. The van der Waals surface area contributed by atoms with Crippen LogP contribution >= 0.6 is 0 Å². The van der Waals surface area contributed by atoms with E-state index in [0.29, 0.717) is 24.7 Å². The molecule has 0 aliphatic carbocycles. The van der Waals surface area contributed by atoms with Gasteiger partial charge in [0.25, 0.3) is 11.9 Å². The third-order valence-corrected chi connectivity index (χ3v) is 5.01. The van der Waals surface area contributed by atoms with E-state index in [9.17, 15) is 18.0 Å². The number of amides is 1. The fourth-order valence-corrected chi connectivity index (χ4v) is 3.64. The lowest BCUT2D eigenvalue weighted by Crippen LogP contribution is -2.47. The van der Waals surface area contributed by atoms with E-state index < -0.39 is 18.0 Å². The third kappa shape index (κ3) is 4.50. The molecule has 1 saturated heterocycles. The summed E-state index contributed by atoms with van der Waals surface area (Å²) in [7, 11) is 0. The molecule has 2 heterocycles. The van der Waals surface area contributed by atoms with Crippen LogP contribution in [0, 0.1) is 0 Å². The van der Waals surface area contributed by atoms with Crippen molar-refractivity contribution in [1.29, 1.82) is 0 Å². The monoisotopic (exact) mass is 419 g/mol. The van der Waals surface area contributed by atoms with Crippen molar-refractivity contribution in [2.45, 2.75) is 31.7 Å². The Hall–Kier alpha value is -3.23. The van der Waals surface area contributed by atoms with Crippen LogP contribution in [0.1, 0.15) is 29.6 Å². The summed E-state index contributed by atoms with van der Waals surface area (Å²) in [6.45, 7) is 0.833. The summed E-state index contributed by atoms with van der Waals surface area (Å²) in [5.41, 5.74) is 1.26. The van der Waals surface area contributed by atoms with Crippen molar-refractivity contribution < 1.29 is 27.1 Å². The number of hydrogen-bond donors (Lipinski definition) is 1. The molecule has 1 amide bonds. The Balaban J connectivity index is 1.50. The molecule has 1 aromatic heterocycles. The molecule has 4 rings (SSSR count). The Labute approximate surface area is 170 Å². The van der Waals surface area contributed by atoms with Gasteiger partial charge in [0.1, 0.15) is 11.3 Å². The predicted octanol–water partition coefficient (Wildman–Crippen LogP) is 4.83. The van der Waals surface area contributed by atoms with E-state index in [1.54, 1.807) is 4.90 Å². The van der Waals surface area contributed by atoms with Gasteiger partial charge in [0.05, 0.1) is 5.56 Å². The largest absolute Gasteiger partial charge is 0.573 e. The first-order chi connectivity index (χ1) is 14.4. The Morgan fingerprint density at radius 2 is 1.93 bits per heavy atom. The van der Waals surface area contributed by atoms with E-state index in [1.165, 1.54) is 18.2 Å². The maximum atomic E-state index is 13.1. The van der Waals surface area contributed by atoms with Crippen molar-refractivity contribution in [3.63, 3.8) is 0 Å². The Morgan fingerprint density at radius 3 is 2.73 bits per heavy atom. The highest BCUT2D eigenvalue weighted by Crippen LogP contribution is 2.29. The molecule has 1 atom stereocenters. The van der Waals surface area contributed by atoms with Crippen molar-refractivity contribution in [2.24, 2.45) is 0 Å². The van der Waals surface area contributed by atoms with Gasteiger partial charge in [0.15, 0.2) is 5.58 Å². The molecule has 1 aliphatic heterocycles. The van der Waals surface area contributed by atoms with Crippen molar-refractivity contribution in [2.75, 3.05) is 18.4 Å². The highest BCUT2D eigenvalue weighted by molar-refractivity contribution is 5.97. The summed E-state index contributed by atoms with van der Waals surface area (Å²) in [5, 5.41) is 3.11. The molecule has 3 aromatic rings. The van der Waals surface area contributed by atoms with E-state index in [4.69, 9.17) is 4.42 Å². The maximum Gasteiger partial charge on any atom is 0.573 e. The van der Waals surface area contributed by atoms with Gasteiger partial charge >= 0.3 is 6.36 Å². The fourth-order valence-electron chi connectivity index (χ4n) is 3.64. The number of nitrogens with zero attached hydrogens (tertiary/aromatic N) is 2. The SMILES string of the molecule is O=C(c1ccccc1OC(F)(F)F)N1CCCC[C@H]1CNc1nc2ccccc2o1. The van der Waals surface area contributed by atoms with Crippen LogP contribution in [0.2, 0.25) is 0 Å². The van der Waals surface area contributed by atoms with Crippen LogP contribution in [0.25, 0.3) is 11.1 Å². The van der Waals surface area contributed by atoms with Gasteiger partial charge in [-0.15, -0.1) is 13.2 Å².